The van der Waals surface area contributed by atoms with E-state index in [2.05, 4.69) is 5.32 Å². The van der Waals surface area contributed by atoms with Gasteiger partial charge in [0.2, 0.25) is 0 Å². The summed E-state index contributed by atoms with van der Waals surface area (Å²) in [5.41, 5.74) is 2.09. The van der Waals surface area contributed by atoms with E-state index in [0.717, 1.165) is 16.7 Å². The van der Waals surface area contributed by atoms with E-state index in [9.17, 15) is 24.3 Å². The lowest BCUT2D eigenvalue weighted by Gasteiger charge is -2.28. The van der Waals surface area contributed by atoms with Crippen molar-refractivity contribution in [3.63, 3.8) is 0 Å². The lowest BCUT2D eigenvalue weighted by atomic mass is 9.94. The average Bonchev–Trinajstić information content (AvgIpc) is 2.73. The van der Waals surface area contributed by atoms with Crippen LogP contribution in [0.3, 0.4) is 0 Å². The van der Waals surface area contributed by atoms with E-state index in [-0.39, 0.29) is 24.2 Å². The molecular formula is C20H21N3O6. The molecule has 1 aliphatic heterocycles. The smallest absolute Gasteiger partial charge is 0.407 e. The van der Waals surface area contributed by atoms with Gasteiger partial charge in [0, 0.05) is 26.3 Å². The molecule has 1 aliphatic rings. The average molecular weight is 399 g/mol. The summed E-state index contributed by atoms with van der Waals surface area (Å²) >= 11 is 0. The minimum absolute atomic E-state index is 0.0903. The number of carbonyl (C=O) groups is 3. The summed E-state index contributed by atoms with van der Waals surface area (Å²) in [7, 11) is 2.62. The maximum Gasteiger partial charge on any atom is 0.407 e. The van der Waals surface area contributed by atoms with Gasteiger partial charge in [0.05, 0.1) is 19.2 Å². The Bertz CT molecular complexity index is 1040. The molecule has 0 aliphatic carbocycles. The van der Waals surface area contributed by atoms with Crippen molar-refractivity contribution in [2.75, 3.05) is 20.7 Å². The number of nitrogens with zero attached hydrogens (tertiary/aromatic N) is 2. The topological polar surface area (TPSA) is 118 Å². The van der Waals surface area contributed by atoms with Crippen LogP contribution in [-0.2, 0) is 24.2 Å². The highest BCUT2D eigenvalue weighted by molar-refractivity contribution is 5.97. The number of hydrogen-bond donors (Lipinski definition) is 2. The number of ether oxygens (including phenoxy) is 1. The monoisotopic (exact) mass is 399 g/mol. The quantitative estimate of drug-likeness (QED) is 0.743. The summed E-state index contributed by atoms with van der Waals surface area (Å²) in [4.78, 5) is 49.5. The second kappa shape index (κ2) is 8.17. The van der Waals surface area contributed by atoms with Crippen LogP contribution in [0.15, 0.2) is 35.3 Å². The zero-order valence-corrected chi connectivity index (χ0v) is 16.1. The lowest BCUT2D eigenvalue weighted by Crippen LogP contribution is -2.36. The first-order chi connectivity index (χ1) is 13.8. The second-order valence-electron chi connectivity index (χ2n) is 6.66. The number of carbonyl (C=O) groups excluding carboxylic acids is 2. The molecule has 29 heavy (non-hydrogen) atoms. The van der Waals surface area contributed by atoms with Crippen LogP contribution in [-0.4, -0.2) is 53.2 Å². The van der Waals surface area contributed by atoms with Gasteiger partial charge in [-0.1, -0.05) is 18.2 Å². The molecule has 2 heterocycles. The first-order valence-corrected chi connectivity index (χ1v) is 8.98. The molecule has 0 fully saturated rings. The summed E-state index contributed by atoms with van der Waals surface area (Å²) in [6.07, 6.45) is 0.913. The van der Waals surface area contributed by atoms with E-state index < -0.39 is 23.5 Å². The first kappa shape index (κ1) is 20.1. The Hall–Kier alpha value is -3.62. The molecule has 9 nitrogen and oxygen atoms in total. The molecule has 2 aromatic rings. The molecule has 152 valence electrons. The number of esters is 1. The van der Waals surface area contributed by atoms with Crippen molar-refractivity contribution < 1.29 is 24.2 Å². The Labute approximate surface area is 166 Å². The third-order valence-corrected chi connectivity index (χ3v) is 4.95. The van der Waals surface area contributed by atoms with Crippen molar-refractivity contribution in [1.29, 1.82) is 0 Å². The van der Waals surface area contributed by atoms with Gasteiger partial charge in [-0.25, -0.2) is 9.59 Å². The number of rotatable bonds is 4. The molecular weight excluding hydrogens is 378 g/mol. The predicted octanol–water partition coefficient (Wildman–Crippen LogP) is 1.08. The predicted molar refractivity (Wildman–Crippen MR) is 103 cm³/mol. The third kappa shape index (κ3) is 3.98. The first-order valence-electron chi connectivity index (χ1n) is 8.98. The van der Waals surface area contributed by atoms with Gasteiger partial charge in [0.15, 0.2) is 0 Å². The lowest BCUT2D eigenvalue weighted by molar-refractivity contribution is 0.0599. The number of hydrogen-bond acceptors (Lipinski definition) is 5. The number of pyridine rings is 1. The van der Waals surface area contributed by atoms with Crippen LogP contribution in [0, 0.1) is 0 Å². The van der Waals surface area contributed by atoms with Crippen LogP contribution in [0.5, 0.6) is 0 Å². The fraction of sp³-hybridized carbons (Fsp3) is 0.300. The number of amides is 2. The van der Waals surface area contributed by atoms with Crippen molar-refractivity contribution in [3.8, 4) is 0 Å². The number of aromatic nitrogens is 1. The number of benzene rings is 1. The van der Waals surface area contributed by atoms with Gasteiger partial charge in [-0.15, -0.1) is 0 Å². The molecule has 0 atom stereocenters. The molecule has 0 unspecified atom stereocenters. The highest BCUT2D eigenvalue weighted by Crippen LogP contribution is 2.23. The van der Waals surface area contributed by atoms with E-state index >= 15 is 0 Å². The highest BCUT2D eigenvalue weighted by atomic mass is 16.5. The van der Waals surface area contributed by atoms with Gasteiger partial charge in [0.25, 0.3) is 11.5 Å². The summed E-state index contributed by atoms with van der Waals surface area (Å²) in [6, 6.07) is 6.73. The Kier molecular flexibility index (Phi) is 5.67. The molecule has 0 spiro atoms. The van der Waals surface area contributed by atoms with Gasteiger partial charge >= 0.3 is 12.1 Å². The molecule has 2 amide bonds. The number of nitrogens with one attached hydrogen (secondary N) is 1. The molecule has 0 saturated carbocycles. The van der Waals surface area contributed by atoms with Gasteiger partial charge in [0.1, 0.15) is 5.56 Å². The zero-order chi connectivity index (χ0) is 21.1. The minimum atomic E-state index is -0.974. The zero-order valence-electron chi connectivity index (χ0n) is 16.1. The second-order valence-corrected chi connectivity index (χ2v) is 6.66. The van der Waals surface area contributed by atoms with Crippen LogP contribution in [0.4, 0.5) is 4.79 Å². The van der Waals surface area contributed by atoms with Gasteiger partial charge in [-0.3, -0.25) is 9.59 Å². The molecule has 0 radical (unpaired) electrons. The molecule has 0 bridgehead atoms. The van der Waals surface area contributed by atoms with E-state index in [0.29, 0.717) is 13.0 Å². The van der Waals surface area contributed by atoms with Gasteiger partial charge in [-0.05, 0) is 29.2 Å². The summed E-state index contributed by atoms with van der Waals surface area (Å²) in [5.74, 6) is -1.25. The van der Waals surface area contributed by atoms with Crippen molar-refractivity contribution in [2.24, 2.45) is 0 Å². The molecule has 1 aromatic carbocycles. The fourth-order valence-electron chi connectivity index (χ4n) is 3.46. The molecule has 1 aromatic heterocycles. The standard InChI is InChI=1S/C20H21N3O6/c1-21-17(24)16-8-14(19(26)29-2)11-23(18(16)25)10-13-5-3-4-12-9-22(20(27)28)7-6-15(12)13/h3-5,8,11H,6-7,9-10H2,1-2H3,(H,21,24)(H,27,28). The Morgan fingerprint density at radius 2 is 2.03 bits per heavy atom. The van der Waals surface area contributed by atoms with Crippen molar-refractivity contribution in [2.45, 2.75) is 19.5 Å². The SMILES string of the molecule is CNC(=O)c1cc(C(=O)OC)cn(Cc2cccc3c2CCN(C(=O)O)C3)c1=O. The molecule has 0 saturated heterocycles. The van der Waals surface area contributed by atoms with Crippen molar-refractivity contribution in [1.82, 2.24) is 14.8 Å². The summed E-state index contributed by atoms with van der Waals surface area (Å²) in [5, 5.41) is 11.6. The summed E-state index contributed by atoms with van der Waals surface area (Å²) < 4.78 is 6.03. The minimum Gasteiger partial charge on any atom is -0.465 e. The molecule has 3 rings (SSSR count). The Morgan fingerprint density at radius 3 is 2.69 bits per heavy atom. The van der Waals surface area contributed by atoms with Crippen LogP contribution < -0.4 is 10.9 Å². The van der Waals surface area contributed by atoms with Crippen LogP contribution >= 0.6 is 0 Å². The van der Waals surface area contributed by atoms with E-state index in [4.69, 9.17) is 4.74 Å². The van der Waals surface area contributed by atoms with Crippen molar-refractivity contribution >= 4 is 18.0 Å². The van der Waals surface area contributed by atoms with Crippen molar-refractivity contribution in [3.05, 3.63) is 68.6 Å². The maximum atomic E-state index is 12.8. The largest absolute Gasteiger partial charge is 0.465 e. The van der Waals surface area contributed by atoms with E-state index in [1.807, 2.05) is 12.1 Å². The van der Waals surface area contributed by atoms with Crippen LogP contribution in [0.25, 0.3) is 0 Å². The number of methoxy groups -OCH3 is 1. The van der Waals surface area contributed by atoms with Crippen LogP contribution in [0.2, 0.25) is 0 Å². The third-order valence-electron chi connectivity index (χ3n) is 4.95. The normalized spacial score (nSPS) is 12.8. The maximum absolute atomic E-state index is 12.8. The highest BCUT2D eigenvalue weighted by Gasteiger charge is 2.23. The molecule has 2 N–H and O–H groups in total. The van der Waals surface area contributed by atoms with Crippen LogP contribution in [0.1, 0.15) is 37.4 Å². The van der Waals surface area contributed by atoms with E-state index in [1.165, 1.54) is 35.9 Å². The Balaban J connectivity index is 2.04. The van der Waals surface area contributed by atoms with Gasteiger partial charge < -0.3 is 24.6 Å². The number of carboxylic acid groups (broad SMARTS) is 1. The Morgan fingerprint density at radius 1 is 1.28 bits per heavy atom. The van der Waals surface area contributed by atoms with Gasteiger partial charge in [-0.2, -0.15) is 0 Å². The number of fused-ring (bicyclic) bond motifs is 1. The molecule has 9 heteroatoms. The fourth-order valence-corrected chi connectivity index (χ4v) is 3.46. The summed E-state index contributed by atoms with van der Waals surface area (Å²) in [6.45, 7) is 0.781. The van der Waals surface area contributed by atoms with E-state index in [1.54, 1.807) is 6.07 Å².